The Hall–Kier alpha value is -2.29. The number of hydrogen-bond donors (Lipinski definition) is 0. The van der Waals surface area contributed by atoms with Gasteiger partial charge in [0, 0.05) is 19.4 Å². The quantitative estimate of drug-likeness (QED) is 0.647. The monoisotopic (exact) mass is 323 g/mol. The summed E-state index contributed by atoms with van der Waals surface area (Å²) in [6, 6.07) is 18.0. The van der Waals surface area contributed by atoms with Crippen molar-refractivity contribution in [1.29, 1.82) is 5.26 Å². The number of rotatable bonds is 6. The maximum atomic E-state index is 9.00. The Kier molecular flexibility index (Phi) is 4.96. The van der Waals surface area contributed by atoms with E-state index in [-0.39, 0.29) is 0 Å². The van der Waals surface area contributed by atoms with Crippen molar-refractivity contribution < 1.29 is 4.74 Å². The number of fused-ring (bicyclic) bond motifs is 1. The number of hydrogen-bond acceptors (Lipinski definition) is 4. The molecule has 116 valence electrons. The molecule has 0 N–H and O–H groups in total. The highest BCUT2D eigenvalue weighted by molar-refractivity contribution is 7.98. The molecule has 0 saturated carbocycles. The number of thioether (sulfide) groups is 1. The molecule has 1 heterocycles. The summed E-state index contributed by atoms with van der Waals surface area (Å²) in [6.07, 6.45) is 0. The highest BCUT2D eigenvalue weighted by Gasteiger charge is 2.11. The molecule has 4 nitrogen and oxygen atoms in total. The third-order valence-electron chi connectivity index (χ3n) is 3.56. The fraction of sp³-hybridized carbons (Fsp3) is 0.222. The van der Waals surface area contributed by atoms with E-state index >= 15 is 0 Å². The second-order valence-electron chi connectivity index (χ2n) is 5.13. The molecule has 0 fully saturated rings. The molecule has 2 aromatic carbocycles. The highest BCUT2D eigenvalue weighted by Crippen LogP contribution is 2.27. The zero-order valence-electron chi connectivity index (χ0n) is 12.9. The molecule has 3 rings (SSSR count). The average Bonchev–Trinajstić information content (AvgIpc) is 2.96. The number of aromatic nitrogens is 2. The summed E-state index contributed by atoms with van der Waals surface area (Å²) in [5, 5.41) is 9.97. The molecule has 23 heavy (non-hydrogen) atoms. The molecule has 0 aliphatic rings. The minimum atomic E-state index is 0.651. The smallest absolute Gasteiger partial charge is 0.169 e. The lowest BCUT2D eigenvalue weighted by atomic mass is 10.2. The van der Waals surface area contributed by atoms with Crippen LogP contribution in [0.1, 0.15) is 11.1 Å². The van der Waals surface area contributed by atoms with Crippen molar-refractivity contribution in [3.05, 3.63) is 59.7 Å². The molecule has 0 radical (unpaired) electrons. The van der Waals surface area contributed by atoms with Gasteiger partial charge in [0.05, 0.1) is 29.3 Å². The number of imidazole rings is 1. The fourth-order valence-electron chi connectivity index (χ4n) is 2.44. The average molecular weight is 323 g/mol. The van der Waals surface area contributed by atoms with Crippen LogP contribution in [0, 0.1) is 11.3 Å². The zero-order valence-corrected chi connectivity index (χ0v) is 13.7. The summed E-state index contributed by atoms with van der Waals surface area (Å²) in [7, 11) is 1.71. The fourth-order valence-corrected chi connectivity index (χ4v) is 3.42. The zero-order chi connectivity index (χ0) is 16.1. The number of nitriles is 1. The predicted octanol–water partition coefficient (Wildman–Crippen LogP) is 3.85. The van der Waals surface area contributed by atoms with Crippen LogP contribution in [0.5, 0.6) is 0 Å². The van der Waals surface area contributed by atoms with Gasteiger partial charge in [0.2, 0.25) is 0 Å². The van der Waals surface area contributed by atoms with Gasteiger partial charge in [0.15, 0.2) is 5.16 Å². The summed E-state index contributed by atoms with van der Waals surface area (Å²) >= 11 is 1.68. The Morgan fingerprint density at radius 3 is 2.91 bits per heavy atom. The van der Waals surface area contributed by atoms with Crippen LogP contribution in [0.4, 0.5) is 0 Å². The van der Waals surface area contributed by atoms with Gasteiger partial charge in [-0.25, -0.2) is 4.98 Å². The number of methoxy groups -OCH3 is 1. The van der Waals surface area contributed by atoms with Crippen LogP contribution in [-0.2, 0) is 17.0 Å². The molecule has 0 saturated heterocycles. The van der Waals surface area contributed by atoms with Crippen LogP contribution in [0.2, 0.25) is 0 Å². The first kappa shape index (κ1) is 15.6. The van der Waals surface area contributed by atoms with Gasteiger partial charge in [-0.3, -0.25) is 0 Å². The van der Waals surface area contributed by atoms with E-state index in [1.54, 1.807) is 18.9 Å². The van der Waals surface area contributed by atoms with Crippen LogP contribution in [0.3, 0.4) is 0 Å². The minimum absolute atomic E-state index is 0.651. The Morgan fingerprint density at radius 1 is 1.22 bits per heavy atom. The maximum absolute atomic E-state index is 9.00. The summed E-state index contributed by atoms with van der Waals surface area (Å²) in [4.78, 5) is 4.73. The van der Waals surface area contributed by atoms with Gasteiger partial charge < -0.3 is 9.30 Å². The number of benzene rings is 2. The van der Waals surface area contributed by atoms with Gasteiger partial charge in [-0.1, -0.05) is 36.0 Å². The van der Waals surface area contributed by atoms with Crippen molar-refractivity contribution in [2.45, 2.75) is 17.5 Å². The van der Waals surface area contributed by atoms with Gasteiger partial charge in [-0.05, 0) is 29.8 Å². The topological polar surface area (TPSA) is 50.8 Å². The number of ether oxygens (including phenoxy) is 1. The number of nitrogens with zero attached hydrogens (tertiary/aromatic N) is 3. The molecule has 5 heteroatoms. The highest BCUT2D eigenvalue weighted by atomic mass is 32.2. The van der Waals surface area contributed by atoms with Crippen molar-refractivity contribution >= 4 is 22.8 Å². The van der Waals surface area contributed by atoms with E-state index in [4.69, 9.17) is 15.0 Å². The van der Waals surface area contributed by atoms with Crippen LogP contribution in [0.25, 0.3) is 11.0 Å². The standard InChI is InChI=1S/C18H17N3OS/c1-22-10-9-21-17-8-3-2-7-16(17)20-18(21)23-13-15-6-4-5-14(11-15)12-19/h2-8,11H,9-10,13H2,1H3. The Bertz CT molecular complexity index is 851. The van der Waals surface area contributed by atoms with E-state index in [1.165, 1.54) is 0 Å². The molecule has 0 aliphatic heterocycles. The Balaban J connectivity index is 1.85. The van der Waals surface area contributed by atoms with E-state index in [0.29, 0.717) is 12.2 Å². The van der Waals surface area contributed by atoms with Gasteiger partial charge in [0.25, 0.3) is 0 Å². The van der Waals surface area contributed by atoms with E-state index in [9.17, 15) is 0 Å². The molecular formula is C18H17N3OS. The van der Waals surface area contributed by atoms with E-state index < -0.39 is 0 Å². The molecular weight excluding hydrogens is 306 g/mol. The largest absolute Gasteiger partial charge is 0.383 e. The van der Waals surface area contributed by atoms with Crippen LogP contribution in [0.15, 0.2) is 53.7 Å². The molecule has 3 aromatic rings. The first-order chi connectivity index (χ1) is 11.3. The van der Waals surface area contributed by atoms with Gasteiger partial charge in [-0.2, -0.15) is 5.26 Å². The van der Waals surface area contributed by atoms with Crippen molar-refractivity contribution in [2.75, 3.05) is 13.7 Å². The Labute approximate surface area is 139 Å². The van der Waals surface area contributed by atoms with Gasteiger partial charge >= 0.3 is 0 Å². The number of para-hydroxylation sites is 2. The first-order valence-corrected chi connectivity index (χ1v) is 8.36. The molecule has 0 amide bonds. The lowest BCUT2D eigenvalue weighted by Gasteiger charge is -2.08. The maximum Gasteiger partial charge on any atom is 0.169 e. The van der Waals surface area contributed by atoms with Crippen molar-refractivity contribution in [1.82, 2.24) is 9.55 Å². The second kappa shape index (κ2) is 7.32. The van der Waals surface area contributed by atoms with Crippen molar-refractivity contribution in [3.63, 3.8) is 0 Å². The van der Waals surface area contributed by atoms with Crippen LogP contribution < -0.4 is 0 Å². The van der Waals surface area contributed by atoms with Crippen molar-refractivity contribution in [3.8, 4) is 6.07 Å². The molecule has 0 unspecified atom stereocenters. The SMILES string of the molecule is COCCn1c(SCc2cccc(C#N)c2)nc2ccccc21. The first-order valence-electron chi connectivity index (χ1n) is 7.38. The van der Waals surface area contributed by atoms with Gasteiger partial charge in [-0.15, -0.1) is 0 Å². The van der Waals surface area contributed by atoms with Crippen molar-refractivity contribution in [2.24, 2.45) is 0 Å². The normalized spacial score (nSPS) is 10.8. The van der Waals surface area contributed by atoms with E-state index in [1.807, 2.05) is 42.5 Å². The second-order valence-corrected chi connectivity index (χ2v) is 6.07. The summed E-state index contributed by atoms with van der Waals surface area (Å²) in [5.41, 5.74) is 3.94. The third-order valence-corrected chi connectivity index (χ3v) is 4.61. The summed E-state index contributed by atoms with van der Waals surface area (Å²) in [6.45, 7) is 1.43. The van der Waals surface area contributed by atoms with E-state index in [2.05, 4.69) is 16.7 Å². The lowest BCUT2D eigenvalue weighted by Crippen LogP contribution is -2.05. The van der Waals surface area contributed by atoms with Crippen LogP contribution >= 0.6 is 11.8 Å². The molecule has 0 aliphatic carbocycles. The van der Waals surface area contributed by atoms with Gasteiger partial charge in [0.1, 0.15) is 0 Å². The Morgan fingerprint density at radius 2 is 2.09 bits per heavy atom. The molecule has 0 bridgehead atoms. The molecule has 1 aromatic heterocycles. The summed E-state index contributed by atoms with van der Waals surface area (Å²) in [5.74, 6) is 0.784. The summed E-state index contributed by atoms with van der Waals surface area (Å²) < 4.78 is 7.41. The third kappa shape index (κ3) is 3.55. The predicted molar refractivity (Wildman–Crippen MR) is 92.3 cm³/mol. The molecule has 0 spiro atoms. The minimum Gasteiger partial charge on any atom is -0.383 e. The van der Waals surface area contributed by atoms with E-state index in [0.717, 1.165) is 34.1 Å². The van der Waals surface area contributed by atoms with Crippen LogP contribution in [-0.4, -0.2) is 23.3 Å². The molecule has 0 atom stereocenters. The lowest BCUT2D eigenvalue weighted by molar-refractivity contribution is 0.186.